The van der Waals surface area contributed by atoms with Crippen LogP contribution in [0, 0.1) is 0 Å². The Hall–Kier alpha value is -1.11. The molecule has 0 atom stereocenters. The molecule has 0 radical (unpaired) electrons. The van der Waals surface area contributed by atoms with Crippen molar-refractivity contribution in [3.8, 4) is 0 Å². The minimum Gasteiger partial charge on any atom is -0.340 e. The molecule has 7 heteroatoms. The molecule has 136 valence electrons. The van der Waals surface area contributed by atoms with E-state index in [-0.39, 0.29) is 29.3 Å². The SMILES string of the molecule is Cl.NCCN(CCc1ccccc1)C(=O)CS(=O)(=O)C1CCCC1. The highest BCUT2D eigenvalue weighted by Gasteiger charge is 2.31. The third kappa shape index (κ3) is 6.07. The Morgan fingerprint density at radius 3 is 2.33 bits per heavy atom. The summed E-state index contributed by atoms with van der Waals surface area (Å²) in [6.07, 6.45) is 3.97. The van der Waals surface area contributed by atoms with E-state index < -0.39 is 9.84 Å². The van der Waals surface area contributed by atoms with E-state index in [1.54, 1.807) is 4.90 Å². The van der Waals surface area contributed by atoms with Crippen molar-refractivity contribution in [2.45, 2.75) is 37.4 Å². The Kier molecular flexibility index (Phi) is 8.73. The first-order valence-electron chi connectivity index (χ1n) is 8.26. The molecule has 0 spiro atoms. The van der Waals surface area contributed by atoms with Crippen LogP contribution in [-0.4, -0.2) is 49.9 Å². The van der Waals surface area contributed by atoms with Crippen LogP contribution in [0.1, 0.15) is 31.2 Å². The molecule has 1 aliphatic carbocycles. The molecule has 1 fully saturated rings. The Morgan fingerprint density at radius 2 is 1.75 bits per heavy atom. The second kappa shape index (κ2) is 10.0. The number of hydrogen-bond donors (Lipinski definition) is 1. The fourth-order valence-corrected chi connectivity index (χ4v) is 4.87. The molecule has 5 nitrogen and oxygen atoms in total. The third-order valence-electron chi connectivity index (χ3n) is 4.40. The fourth-order valence-electron chi connectivity index (χ4n) is 3.05. The van der Waals surface area contributed by atoms with E-state index >= 15 is 0 Å². The van der Waals surface area contributed by atoms with Crippen molar-refractivity contribution in [1.82, 2.24) is 4.90 Å². The van der Waals surface area contributed by atoms with Crippen LogP contribution in [0.25, 0.3) is 0 Å². The van der Waals surface area contributed by atoms with Gasteiger partial charge in [0.05, 0.1) is 5.25 Å². The molecule has 1 amide bonds. The molecule has 0 aliphatic heterocycles. The molecule has 1 aromatic rings. The number of sulfone groups is 1. The van der Waals surface area contributed by atoms with Crippen LogP contribution in [0.3, 0.4) is 0 Å². The summed E-state index contributed by atoms with van der Waals surface area (Å²) >= 11 is 0. The Labute approximate surface area is 150 Å². The van der Waals surface area contributed by atoms with E-state index in [2.05, 4.69) is 0 Å². The van der Waals surface area contributed by atoms with Crippen molar-refractivity contribution in [3.63, 3.8) is 0 Å². The molecule has 0 saturated heterocycles. The van der Waals surface area contributed by atoms with Gasteiger partial charge in [0.15, 0.2) is 9.84 Å². The van der Waals surface area contributed by atoms with Gasteiger partial charge in [0.25, 0.3) is 0 Å². The molecule has 1 aromatic carbocycles. The lowest BCUT2D eigenvalue weighted by molar-refractivity contribution is -0.128. The third-order valence-corrected chi connectivity index (χ3v) is 6.54. The Morgan fingerprint density at radius 1 is 1.12 bits per heavy atom. The van der Waals surface area contributed by atoms with E-state index in [9.17, 15) is 13.2 Å². The van der Waals surface area contributed by atoms with E-state index in [0.29, 0.717) is 38.9 Å². The van der Waals surface area contributed by atoms with Gasteiger partial charge in [-0.15, -0.1) is 12.4 Å². The normalized spacial score (nSPS) is 15.0. The largest absolute Gasteiger partial charge is 0.340 e. The highest BCUT2D eigenvalue weighted by molar-refractivity contribution is 7.92. The van der Waals surface area contributed by atoms with Crippen molar-refractivity contribution in [2.75, 3.05) is 25.4 Å². The lowest BCUT2D eigenvalue weighted by Crippen LogP contribution is -2.41. The van der Waals surface area contributed by atoms with Gasteiger partial charge in [0, 0.05) is 19.6 Å². The zero-order valence-corrected chi connectivity index (χ0v) is 15.5. The standard InChI is InChI=1S/C17H26N2O3S.ClH/c18-11-13-19(12-10-15-6-2-1-3-7-15)17(20)14-23(21,22)16-8-4-5-9-16;/h1-3,6-7,16H,4-5,8-14,18H2;1H. The lowest BCUT2D eigenvalue weighted by atomic mass is 10.1. The van der Waals surface area contributed by atoms with E-state index in [1.165, 1.54) is 0 Å². The van der Waals surface area contributed by atoms with Gasteiger partial charge in [0.2, 0.25) is 5.91 Å². The van der Waals surface area contributed by atoms with Gasteiger partial charge >= 0.3 is 0 Å². The molecule has 0 heterocycles. The van der Waals surface area contributed by atoms with Crippen LogP contribution in [0.2, 0.25) is 0 Å². The number of hydrogen-bond acceptors (Lipinski definition) is 4. The van der Waals surface area contributed by atoms with Crippen molar-refractivity contribution in [2.24, 2.45) is 5.73 Å². The number of amides is 1. The maximum atomic E-state index is 12.4. The number of halogens is 1. The van der Waals surface area contributed by atoms with Gasteiger partial charge in [-0.3, -0.25) is 4.79 Å². The highest BCUT2D eigenvalue weighted by Crippen LogP contribution is 2.25. The van der Waals surface area contributed by atoms with Crippen molar-refractivity contribution in [3.05, 3.63) is 35.9 Å². The molecule has 24 heavy (non-hydrogen) atoms. The second-order valence-corrected chi connectivity index (χ2v) is 8.40. The minimum absolute atomic E-state index is 0. The Bertz CT molecular complexity index is 602. The summed E-state index contributed by atoms with van der Waals surface area (Å²) in [6.45, 7) is 1.23. The highest BCUT2D eigenvalue weighted by atomic mass is 35.5. The van der Waals surface area contributed by atoms with Gasteiger partial charge in [-0.1, -0.05) is 43.2 Å². The zero-order chi connectivity index (χ0) is 16.7. The first-order valence-corrected chi connectivity index (χ1v) is 9.98. The molecule has 0 aromatic heterocycles. The number of rotatable bonds is 8. The summed E-state index contributed by atoms with van der Waals surface area (Å²) in [4.78, 5) is 14.0. The van der Waals surface area contributed by atoms with Crippen LogP contribution >= 0.6 is 12.4 Å². The molecule has 0 bridgehead atoms. The van der Waals surface area contributed by atoms with Gasteiger partial charge in [-0.2, -0.15) is 0 Å². The smallest absolute Gasteiger partial charge is 0.237 e. The van der Waals surface area contributed by atoms with Gasteiger partial charge in [-0.05, 0) is 24.8 Å². The molecule has 2 rings (SSSR count). The van der Waals surface area contributed by atoms with Crippen LogP contribution < -0.4 is 5.73 Å². The first-order chi connectivity index (χ1) is 11.0. The number of carbonyl (C=O) groups excluding carboxylic acids is 1. The van der Waals surface area contributed by atoms with Gasteiger partial charge < -0.3 is 10.6 Å². The number of nitrogens with zero attached hydrogens (tertiary/aromatic N) is 1. The quantitative estimate of drug-likeness (QED) is 0.752. The predicted molar refractivity (Wildman–Crippen MR) is 99.1 cm³/mol. The van der Waals surface area contributed by atoms with Crippen LogP contribution in [0.15, 0.2) is 30.3 Å². The maximum Gasteiger partial charge on any atom is 0.237 e. The van der Waals surface area contributed by atoms with Crippen LogP contribution in [0.4, 0.5) is 0 Å². The lowest BCUT2D eigenvalue weighted by Gasteiger charge is -2.23. The first kappa shape index (κ1) is 20.9. The van der Waals surface area contributed by atoms with Gasteiger partial charge in [-0.25, -0.2) is 8.42 Å². The summed E-state index contributed by atoms with van der Waals surface area (Å²) in [5.74, 6) is -0.704. The zero-order valence-electron chi connectivity index (χ0n) is 13.9. The molecule has 1 aliphatic rings. The number of benzene rings is 1. The maximum absolute atomic E-state index is 12.4. The number of nitrogens with two attached hydrogens (primary N) is 1. The van der Waals surface area contributed by atoms with Crippen molar-refractivity contribution >= 4 is 28.2 Å². The summed E-state index contributed by atoms with van der Waals surface area (Å²) in [7, 11) is -3.34. The summed E-state index contributed by atoms with van der Waals surface area (Å²) in [5.41, 5.74) is 6.70. The topological polar surface area (TPSA) is 80.5 Å². The molecule has 1 saturated carbocycles. The summed E-state index contributed by atoms with van der Waals surface area (Å²) < 4.78 is 24.7. The molecular formula is C17H27ClN2O3S. The molecule has 2 N–H and O–H groups in total. The summed E-state index contributed by atoms with van der Waals surface area (Å²) in [6, 6.07) is 9.85. The second-order valence-electron chi connectivity index (χ2n) is 6.12. The van der Waals surface area contributed by atoms with Crippen LogP contribution in [0.5, 0.6) is 0 Å². The predicted octanol–water partition coefficient (Wildman–Crippen LogP) is 1.80. The van der Waals surface area contributed by atoms with Crippen molar-refractivity contribution in [1.29, 1.82) is 0 Å². The average molecular weight is 375 g/mol. The van der Waals surface area contributed by atoms with Crippen molar-refractivity contribution < 1.29 is 13.2 Å². The van der Waals surface area contributed by atoms with E-state index in [1.807, 2.05) is 30.3 Å². The Balaban J connectivity index is 0.00000288. The minimum atomic E-state index is -3.34. The number of carbonyl (C=O) groups is 1. The average Bonchev–Trinajstić information content (AvgIpc) is 3.07. The van der Waals surface area contributed by atoms with E-state index in [0.717, 1.165) is 18.4 Å². The van der Waals surface area contributed by atoms with E-state index in [4.69, 9.17) is 5.73 Å². The molecular weight excluding hydrogens is 348 g/mol. The fraction of sp³-hybridized carbons (Fsp3) is 0.588. The summed E-state index contributed by atoms with van der Waals surface area (Å²) in [5, 5.41) is -0.333. The molecule has 0 unspecified atom stereocenters. The monoisotopic (exact) mass is 374 g/mol. The van der Waals surface area contributed by atoms with Gasteiger partial charge in [0.1, 0.15) is 5.75 Å². The van der Waals surface area contributed by atoms with Crippen LogP contribution in [-0.2, 0) is 21.1 Å².